The van der Waals surface area contributed by atoms with Crippen LogP contribution in [-0.4, -0.2) is 10.7 Å². The molecule has 3 rings (SSSR count). The number of aliphatic hydroxyl groups is 1. The predicted molar refractivity (Wildman–Crippen MR) is 103 cm³/mol. The molecule has 0 amide bonds. The first-order chi connectivity index (χ1) is 11.6. The lowest BCUT2D eigenvalue weighted by Gasteiger charge is -2.40. The maximum Gasteiger partial charge on any atom is 0.0828 e. The highest BCUT2D eigenvalue weighted by atomic mass is 16.3. The van der Waals surface area contributed by atoms with E-state index in [0.29, 0.717) is 0 Å². The molecular formula is C23H40O. The normalized spacial score (nSPS) is 43.7. The predicted octanol–water partition coefficient (Wildman–Crippen LogP) is 6.51. The van der Waals surface area contributed by atoms with Crippen LogP contribution in [0.3, 0.4) is 0 Å². The monoisotopic (exact) mass is 332 g/mol. The summed E-state index contributed by atoms with van der Waals surface area (Å²) in [5, 5.41) is 10.7. The van der Waals surface area contributed by atoms with Crippen LogP contribution in [0.5, 0.6) is 0 Å². The van der Waals surface area contributed by atoms with Crippen molar-refractivity contribution in [2.24, 2.45) is 29.6 Å². The maximum absolute atomic E-state index is 10.7. The SMILES string of the molecule is CCCCC1(O)C=CC(C2CCC(C3CCC(C)CC3)CC2)CC1. The molecule has 1 N–H and O–H groups in total. The average Bonchev–Trinajstić information content (AvgIpc) is 2.62. The third-order valence-corrected chi connectivity index (χ3v) is 7.68. The second-order valence-corrected chi connectivity index (χ2v) is 9.46. The summed E-state index contributed by atoms with van der Waals surface area (Å²) in [4.78, 5) is 0. The van der Waals surface area contributed by atoms with Crippen molar-refractivity contribution in [3.05, 3.63) is 12.2 Å². The Kier molecular flexibility index (Phi) is 6.46. The van der Waals surface area contributed by atoms with Gasteiger partial charge in [0, 0.05) is 0 Å². The Labute approximate surface area is 150 Å². The van der Waals surface area contributed by atoms with E-state index >= 15 is 0 Å². The summed E-state index contributed by atoms with van der Waals surface area (Å²) < 4.78 is 0. The van der Waals surface area contributed by atoms with Gasteiger partial charge in [-0.15, -0.1) is 0 Å². The summed E-state index contributed by atoms with van der Waals surface area (Å²) in [6, 6.07) is 0. The van der Waals surface area contributed by atoms with Crippen molar-refractivity contribution in [3.8, 4) is 0 Å². The minimum atomic E-state index is -0.484. The van der Waals surface area contributed by atoms with Crippen molar-refractivity contribution < 1.29 is 5.11 Å². The Balaban J connectivity index is 1.45. The molecule has 1 nitrogen and oxygen atoms in total. The highest BCUT2D eigenvalue weighted by Gasteiger charge is 2.35. The van der Waals surface area contributed by atoms with Crippen LogP contribution < -0.4 is 0 Å². The van der Waals surface area contributed by atoms with Gasteiger partial charge in [0.25, 0.3) is 0 Å². The van der Waals surface area contributed by atoms with Gasteiger partial charge in [-0.25, -0.2) is 0 Å². The molecule has 3 aliphatic carbocycles. The Morgan fingerprint density at radius 3 is 2.00 bits per heavy atom. The van der Waals surface area contributed by atoms with Gasteiger partial charge in [0.1, 0.15) is 0 Å². The standard InChI is InChI=1S/C23H40O/c1-3-4-15-23(24)16-13-22(14-17-23)21-11-9-20(10-12-21)19-7-5-18(2)6-8-19/h13,16,18-22,24H,3-12,14-15,17H2,1-2H3. The molecule has 0 bridgehead atoms. The third-order valence-electron chi connectivity index (χ3n) is 7.68. The van der Waals surface area contributed by atoms with Crippen LogP contribution in [0.4, 0.5) is 0 Å². The number of hydrogen-bond acceptors (Lipinski definition) is 1. The smallest absolute Gasteiger partial charge is 0.0828 e. The molecule has 0 aromatic rings. The van der Waals surface area contributed by atoms with E-state index in [0.717, 1.165) is 48.9 Å². The molecule has 2 saturated carbocycles. The van der Waals surface area contributed by atoms with Crippen molar-refractivity contribution in [1.82, 2.24) is 0 Å². The molecule has 0 aromatic carbocycles. The van der Waals surface area contributed by atoms with Crippen LogP contribution in [-0.2, 0) is 0 Å². The molecule has 0 aromatic heterocycles. The van der Waals surface area contributed by atoms with E-state index in [4.69, 9.17) is 0 Å². The molecule has 0 aliphatic heterocycles. The van der Waals surface area contributed by atoms with Gasteiger partial charge in [0.2, 0.25) is 0 Å². The van der Waals surface area contributed by atoms with E-state index in [1.807, 2.05) is 0 Å². The summed E-state index contributed by atoms with van der Waals surface area (Å²) in [5.74, 6) is 4.71. The Morgan fingerprint density at radius 2 is 1.46 bits per heavy atom. The van der Waals surface area contributed by atoms with Crippen LogP contribution in [0.15, 0.2) is 12.2 Å². The maximum atomic E-state index is 10.7. The number of allylic oxidation sites excluding steroid dienone is 1. The Hall–Kier alpha value is -0.300. The highest BCUT2D eigenvalue weighted by molar-refractivity contribution is 5.09. The van der Waals surface area contributed by atoms with Gasteiger partial charge in [-0.05, 0) is 87.4 Å². The first-order valence-electron chi connectivity index (χ1n) is 11.0. The van der Waals surface area contributed by atoms with Crippen LogP contribution in [0.25, 0.3) is 0 Å². The molecule has 0 spiro atoms. The van der Waals surface area contributed by atoms with E-state index in [1.54, 1.807) is 0 Å². The van der Waals surface area contributed by atoms with Crippen LogP contribution >= 0.6 is 0 Å². The molecule has 0 radical (unpaired) electrons. The van der Waals surface area contributed by atoms with Crippen molar-refractivity contribution in [2.75, 3.05) is 0 Å². The molecule has 1 heteroatoms. The van der Waals surface area contributed by atoms with Crippen LogP contribution in [0.1, 0.15) is 97.3 Å². The lowest BCUT2D eigenvalue weighted by Crippen LogP contribution is -2.33. The summed E-state index contributed by atoms with van der Waals surface area (Å²) in [6.45, 7) is 4.65. The van der Waals surface area contributed by atoms with Crippen molar-refractivity contribution in [3.63, 3.8) is 0 Å². The summed E-state index contributed by atoms with van der Waals surface area (Å²) >= 11 is 0. The summed E-state index contributed by atoms with van der Waals surface area (Å²) in [6.07, 6.45) is 21.9. The van der Waals surface area contributed by atoms with Gasteiger partial charge in [-0.2, -0.15) is 0 Å². The number of hydrogen-bond donors (Lipinski definition) is 1. The van der Waals surface area contributed by atoms with Crippen molar-refractivity contribution >= 4 is 0 Å². The number of rotatable bonds is 5. The summed E-state index contributed by atoms with van der Waals surface area (Å²) in [5.41, 5.74) is -0.484. The largest absolute Gasteiger partial charge is 0.386 e. The molecule has 0 heterocycles. The third kappa shape index (κ3) is 4.65. The van der Waals surface area contributed by atoms with Crippen molar-refractivity contribution in [1.29, 1.82) is 0 Å². The molecule has 2 atom stereocenters. The second-order valence-electron chi connectivity index (χ2n) is 9.46. The fourth-order valence-electron chi connectivity index (χ4n) is 5.78. The molecule has 0 saturated heterocycles. The lowest BCUT2D eigenvalue weighted by atomic mass is 9.66. The molecule has 138 valence electrons. The van der Waals surface area contributed by atoms with E-state index in [1.165, 1.54) is 64.2 Å². The fraction of sp³-hybridized carbons (Fsp3) is 0.913. The highest BCUT2D eigenvalue weighted by Crippen LogP contribution is 2.45. The number of unbranched alkanes of at least 4 members (excludes halogenated alkanes) is 1. The van der Waals surface area contributed by atoms with E-state index in [2.05, 4.69) is 26.0 Å². The van der Waals surface area contributed by atoms with Gasteiger partial charge >= 0.3 is 0 Å². The summed E-state index contributed by atoms with van der Waals surface area (Å²) in [7, 11) is 0. The topological polar surface area (TPSA) is 20.2 Å². The fourth-order valence-corrected chi connectivity index (χ4v) is 5.78. The zero-order chi connectivity index (χ0) is 17.0. The Morgan fingerprint density at radius 1 is 0.875 bits per heavy atom. The van der Waals surface area contributed by atoms with Crippen LogP contribution in [0.2, 0.25) is 0 Å². The van der Waals surface area contributed by atoms with Gasteiger partial charge in [-0.3, -0.25) is 0 Å². The van der Waals surface area contributed by atoms with Gasteiger partial charge in [0.15, 0.2) is 0 Å². The zero-order valence-electron chi connectivity index (χ0n) is 16.2. The van der Waals surface area contributed by atoms with E-state index < -0.39 is 5.60 Å². The first-order valence-corrected chi connectivity index (χ1v) is 11.0. The Bertz CT molecular complexity index is 398. The molecule has 2 fully saturated rings. The quantitative estimate of drug-likeness (QED) is 0.569. The average molecular weight is 333 g/mol. The second kappa shape index (κ2) is 8.39. The van der Waals surface area contributed by atoms with Gasteiger partial charge in [0.05, 0.1) is 5.60 Å². The molecule has 3 aliphatic rings. The van der Waals surface area contributed by atoms with Gasteiger partial charge < -0.3 is 5.11 Å². The molecule has 24 heavy (non-hydrogen) atoms. The van der Waals surface area contributed by atoms with Crippen LogP contribution in [0, 0.1) is 29.6 Å². The molecule has 2 unspecified atom stereocenters. The minimum Gasteiger partial charge on any atom is -0.386 e. The zero-order valence-corrected chi connectivity index (χ0v) is 16.2. The lowest BCUT2D eigenvalue weighted by molar-refractivity contribution is 0.0485. The van der Waals surface area contributed by atoms with Crippen molar-refractivity contribution in [2.45, 2.75) is 103 Å². The van der Waals surface area contributed by atoms with E-state index in [-0.39, 0.29) is 0 Å². The van der Waals surface area contributed by atoms with E-state index in [9.17, 15) is 5.11 Å². The van der Waals surface area contributed by atoms with Gasteiger partial charge in [-0.1, -0.05) is 51.7 Å². The molecular weight excluding hydrogens is 292 g/mol. The first kappa shape index (κ1) is 18.5. The minimum absolute atomic E-state index is 0.484.